The lowest BCUT2D eigenvalue weighted by molar-refractivity contribution is 0.472. The molecule has 0 radical (unpaired) electrons. The van der Waals surface area contributed by atoms with E-state index in [0.29, 0.717) is 56.1 Å². The number of nitrogens with zero attached hydrogens (tertiary/aromatic N) is 3. The maximum Gasteiger partial charge on any atom is 0.149 e. The molecule has 2 aromatic heterocycles. The fourth-order valence-electron chi connectivity index (χ4n) is 7.56. The van der Waals surface area contributed by atoms with Crippen molar-refractivity contribution in [2.75, 3.05) is 0 Å². The van der Waals surface area contributed by atoms with Gasteiger partial charge in [-0.25, -0.2) is 4.98 Å². The van der Waals surface area contributed by atoms with E-state index in [-0.39, 0.29) is 27.7 Å². The van der Waals surface area contributed by atoms with E-state index in [1.807, 2.05) is 79.1 Å². The van der Waals surface area contributed by atoms with E-state index in [9.17, 15) is 5.11 Å². The first kappa shape index (κ1) is 28.2. The molecule has 0 aliphatic carbocycles. The zero-order chi connectivity index (χ0) is 49.6. The van der Waals surface area contributed by atoms with Gasteiger partial charge in [-0.15, -0.1) is 0 Å². The van der Waals surface area contributed by atoms with Gasteiger partial charge in [0.25, 0.3) is 0 Å². The van der Waals surface area contributed by atoms with E-state index in [1.165, 1.54) is 6.20 Å². The quantitative estimate of drug-likeness (QED) is 0.183. The van der Waals surface area contributed by atoms with Gasteiger partial charge in [0.1, 0.15) is 11.6 Å². The first-order valence-corrected chi connectivity index (χ1v) is 19.5. The third-order valence-electron chi connectivity index (χ3n) is 10.7. The Morgan fingerprint density at radius 3 is 2.00 bits per heavy atom. The molecule has 6 aromatic carbocycles. The van der Waals surface area contributed by atoms with Crippen LogP contribution in [-0.2, 0) is 10.8 Å². The van der Waals surface area contributed by atoms with E-state index >= 15 is 0 Å². The lowest BCUT2D eigenvalue weighted by atomic mass is 9.83. The smallest absolute Gasteiger partial charge is 0.149 e. The van der Waals surface area contributed by atoms with Gasteiger partial charge in [-0.3, -0.25) is 9.55 Å². The predicted octanol–water partition coefficient (Wildman–Crippen LogP) is 14.3. The molecule has 8 rings (SSSR count). The van der Waals surface area contributed by atoms with Crippen molar-refractivity contribution >= 4 is 11.0 Å². The maximum absolute atomic E-state index is 11.8. The first-order chi connectivity index (χ1) is 31.6. The number of hydrogen-bond donors (Lipinski definition) is 1. The van der Waals surface area contributed by atoms with Gasteiger partial charge < -0.3 is 5.11 Å². The molecular formula is C54H53N3O. The molecule has 0 saturated heterocycles. The standard InChI is InChI=1S/C54H53N3O/c1-33-14-17-37(18-15-33)39-24-25-55-47(32-39)41-29-40(30-43(31-41)54(8,9)10)44-12-11-13-49-50(44)56-52(46-28-35(3)26-36(4)51(46)58)57(49)48-23-16-34(2)27-45(48)38-19-21-42(22-20-38)53(5,6)7/h11-32,58H,1-10H3/i1D3,2D3,14D,15D,17D,18D. The van der Waals surface area contributed by atoms with Gasteiger partial charge in [0.15, 0.2) is 0 Å². The average Bonchev–Trinajstić information content (AvgIpc) is 3.65. The monoisotopic (exact) mass is 769 g/mol. The molecule has 0 bridgehead atoms. The van der Waals surface area contributed by atoms with Crippen LogP contribution in [0.15, 0.2) is 133 Å². The van der Waals surface area contributed by atoms with Crippen molar-refractivity contribution in [1.29, 1.82) is 0 Å². The lowest BCUT2D eigenvalue weighted by Gasteiger charge is -2.22. The van der Waals surface area contributed by atoms with Crippen LogP contribution in [-0.4, -0.2) is 19.6 Å². The number of benzene rings is 6. The zero-order valence-electron chi connectivity index (χ0n) is 44.2. The van der Waals surface area contributed by atoms with Crippen LogP contribution in [0.25, 0.3) is 72.7 Å². The van der Waals surface area contributed by atoms with Crippen molar-refractivity contribution in [3.8, 4) is 67.5 Å². The summed E-state index contributed by atoms with van der Waals surface area (Å²) in [5, 5.41) is 11.8. The first-order valence-electron chi connectivity index (χ1n) is 24.5. The molecular weight excluding hydrogens is 707 g/mol. The highest BCUT2D eigenvalue weighted by Crippen LogP contribution is 2.43. The second-order valence-corrected chi connectivity index (χ2v) is 17.2. The number of para-hydroxylation sites is 1. The minimum absolute atomic E-state index is 0.0299. The lowest BCUT2D eigenvalue weighted by Crippen LogP contribution is -2.11. The Kier molecular flexibility index (Phi) is 7.09. The van der Waals surface area contributed by atoms with Crippen LogP contribution in [0.4, 0.5) is 0 Å². The molecule has 290 valence electrons. The molecule has 0 spiro atoms. The number of hydrogen-bond acceptors (Lipinski definition) is 3. The molecule has 4 heteroatoms. The second kappa shape index (κ2) is 14.6. The van der Waals surface area contributed by atoms with Crippen molar-refractivity contribution in [2.45, 2.75) is 79.9 Å². The van der Waals surface area contributed by atoms with Crippen molar-refractivity contribution in [2.24, 2.45) is 0 Å². The summed E-state index contributed by atoms with van der Waals surface area (Å²) in [5.41, 5.74) is 9.83. The fraction of sp³-hybridized carbons (Fsp3) is 0.222. The largest absolute Gasteiger partial charge is 0.507 e. The summed E-state index contributed by atoms with van der Waals surface area (Å²) < 4.78 is 85.5. The van der Waals surface area contributed by atoms with Crippen molar-refractivity contribution in [1.82, 2.24) is 14.5 Å². The number of aromatic hydroxyl groups is 1. The van der Waals surface area contributed by atoms with Crippen LogP contribution in [0.5, 0.6) is 5.75 Å². The molecule has 8 aromatic rings. The number of aryl methyl sites for hydroxylation is 3. The third-order valence-corrected chi connectivity index (χ3v) is 10.7. The average molecular weight is 770 g/mol. The van der Waals surface area contributed by atoms with Crippen LogP contribution >= 0.6 is 0 Å². The summed E-state index contributed by atoms with van der Waals surface area (Å²) in [6.07, 6.45) is 1.54. The van der Waals surface area contributed by atoms with Gasteiger partial charge in [-0.2, -0.15) is 0 Å². The molecule has 58 heavy (non-hydrogen) atoms. The number of phenolic OH excluding ortho intramolecular Hbond substituents is 1. The topological polar surface area (TPSA) is 50.9 Å². The summed E-state index contributed by atoms with van der Waals surface area (Å²) in [7, 11) is 0. The maximum atomic E-state index is 11.8. The Morgan fingerprint density at radius 1 is 0.586 bits per heavy atom. The third kappa shape index (κ3) is 7.36. The van der Waals surface area contributed by atoms with Crippen molar-refractivity contribution in [3.63, 3.8) is 0 Å². The number of pyridine rings is 1. The predicted molar refractivity (Wildman–Crippen MR) is 244 cm³/mol. The minimum Gasteiger partial charge on any atom is -0.507 e. The number of fused-ring (bicyclic) bond motifs is 1. The highest BCUT2D eigenvalue weighted by Gasteiger charge is 2.25. The molecule has 0 aliphatic heterocycles. The highest BCUT2D eigenvalue weighted by molar-refractivity contribution is 5.98. The van der Waals surface area contributed by atoms with Crippen LogP contribution < -0.4 is 0 Å². The Balaban J connectivity index is 1.40. The molecule has 0 aliphatic rings. The van der Waals surface area contributed by atoms with E-state index in [0.717, 1.165) is 33.4 Å². The molecule has 0 amide bonds. The van der Waals surface area contributed by atoms with Gasteiger partial charge in [-0.1, -0.05) is 131 Å². The summed E-state index contributed by atoms with van der Waals surface area (Å²) in [4.78, 5) is 10.1. The van der Waals surface area contributed by atoms with Crippen molar-refractivity contribution in [3.05, 3.63) is 167 Å². The van der Waals surface area contributed by atoms with E-state index < -0.39 is 43.4 Å². The van der Waals surface area contributed by atoms with Crippen LogP contribution in [0, 0.1) is 27.6 Å². The highest BCUT2D eigenvalue weighted by atomic mass is 16.3. The van der Waals surface area contributed by atoms with Gasteiger partial charge in [0.05, 0.1) is 33.5 Å². The van der Waals surface area contributed by atoms with Gasteiger partial charge >= 0.3 is 0 Å². The molecule has 2 heterocycles. The zero-order valence-corrected chi connectivity index (χ0v) is 34.2. The summed E-state index contributed by atoms with van der Waals surface area (Å²) >= 11 is 0. The Hall–Kier alpha value is -6.26. The van der Waals surface area contributed by atoms with Crippen LogP contribution in [0.1, 0.15) is 88.6 Å². The number of imidazole rings is 1. The molecule has 4 nitrogen and oxygen atoms in total. The Morgan fingerprint density at radius 2 is 1.29 bits per heavy atom. The van der Waals surface area contributed by atoms with Crippen LogP contribution in [0.2, 0.25) is 0 Å². The number of rotatable bonds is 6. The van der Waals surface area contributed by atoms with E-state index in [4.69, 9.17) is 23.7 Å². The fourth-order valence-corrected chi connectivity index (χ4v) is 7.56. The minimum atomic E-state index is -2.84. The molecule has 0 atom stereocenters. The number of phenols is 1. The van der Waals surface area contributed by atoms with Gasteiger partial charge in [0.2, 0.25) is 0 Å². The summed E-state index contributed by atoms with van der Waals surface area (Å²) in [6.45, 7) is 11.3. The molecule has 0 saturated carbocycles. The molecule has 0 unspecified atom stereocenters. The number of aromatic nitrogens is 3. The SMILES string of the molecule is [2H]c1c([2H])c(C([2H])([2H])[2H])c([2H])c([2H])c1-c1ccnc(-c2cc(-c3cccc4c3nc(-c3cc(C)cc(C)c3O)n4-c3ccc(C([2H])([2H])[2H])cc3-c3ccc(C(C)(C)C)cc3)cc(C(C)(C)C)c2)c1. The second-order valence-electron chi connectivity index (χ2n) is 17.2. The summed E-state index contributed by atoms with van der Waals surface area (Å²) in [5.74, 6) is 0.526. The van der Waals surface area contributed by atoms with Crippen LogP contribution in [0.3, 0.4) is 0 Å². The van der Waals surface area contributed by atoms with E-state index in [1.54, 1.807) is 24.3 Å². The van der Waals surface area contributed by atoms with E-state index in [2.05, 4.69) is 59.7 Å². The Bertz CT molecular complexity index is 3270. The normalized spacial score (nSPS) is 15.0. The van der Waals surface area contributed by atoms with Gasteiger partial charge in [-0.05, 0) is 131 Å². The summed E-state index contributed by atoms with van der Waals surface area (Å²) in [6, 6.07) is 30.3. The van der Waals surface area contributed by atoms with Gasteiger partial charge in [0, 0.05) is 31.1 Å². The van der Waals surface area contributed by atoms with Crippen molar-refractivity contribution < 1.29 is 18.8 Å². The molecule has 0 fully saturated rings. The molecule has 1 N–H and O–H groups in total. The Labute approximate surface area is 358 Å².